The third-order valence-electron chi connectivity index (χ3n) is 4.54. The third kappa shape index (κ3) is 3.84. The topological polar surface area (TPSA) is 66.4 Å². The fourth-order valence-corrected chi connectivity index (χ4v) is 4.52. The van der Waals surface area contributed by atoms with Crippen molar-refractivity contribution < 1.29 is 13.5 Å². The Kier molecular flexibility index (Phi) is 5.07. The Morgan fingerprint density at radius 1 is 1.29 bits per heavy atom. The van der Waals surface area contributed by atoms with Crippen molar-refractivity contribution in [2.75, 3.05) is 0 Å². The highest BCUT2D eigenvalue weighted by Gasteiger charge is 2.29. The highest BCUT2D eigenvalue weighted by atomic mass is 32.2. The standard InChI is InChI=1S/C16H25NO3S/c1-11-4-7-16(13(3)8-11)17-21(19,20)15-6-5-12(2)14(9-15)10-18/h5-6,9,11,13,16-18H,4,7-8,10H2,1-3H3. The Morgan fingerprint density at radius 3 is 2.62 bits per heavy atom. The lowest BCUT2D eigenvalue weighted by Crippen LogP contribution is -2.42. The van der Waals surface area contributed by atoms with Crippen LogP contribution in [0.2, 0.25) is 0 Å². The Balaban J connectivity index is 2.18. The molecule has 0 bridgehead atoms. The number of sulfonamides is 1. The molecule has 1 aliphatic rings. The van der Waals surface area contributed by atoms with Crippen LogP contribution in [0.4, 0.5) is 0 Å². The van der Waals surface area contributed by atoms with Crippen molar-refractivity contribution in [3.8, 4) is 0 Å². The first-order valence-corrected chi connectivity index (χ1v) is 9.04. The fourth-order valence-electron chi connectivity index (χ4n) is 3.09. The number of nitrogens with one attached hydrogen (secondary N) is 1. The fraction of sp³-hybridized carbons (Fsp3) is 0.625. The summed E-state index contributed by atoms with van der Waals surface area (Å²) in [5, 5.41) is 9.29. The Hall–Kier alpha value is -0.910. The number of hydrogen-bond acceptors (Lipinski definition) is 3. The molecule has 1 aromatic carbocycles. The van der Waals surface area contributed by atoms with E-state index in [0.717, 1.165) is 24.8 Å². The molecule has 1 fully saturated rings. The maximum absolute atomic E-state index is 12.5. The molecule has 1 saturated carbocycles. The van der Waals surface area contributed by atoms with E-state index in [1.807, 2.05) is 6.92 Å². The van der Waals surface area contributed by atoms with Gasteiger partial charge < -0.3 is 5.11 Å². The number of aliphatic hydroxyl groups excluding tert-OH is 1. The van der Waals surface area contributed by atoms with Gasteiger partial charge in [0.15, 0.2) is 0 Å². The molecule has 0 saturated heterocycles. The van der Waals surface area contributed by atoms with Gasteiger partial charge in [-0.3, -0.25) is 0 Å². The lowest BCUT2D eigenvalue weighted by atomic mass is 9.80. The largest absolute Gasteiger partial charge is 0.392 e. The molecule has 0 spiro atoms. The molecule has 0 heterocycles. The summed E-state index contributed by atoms with van der Waals surface area (Å²) in [6.45, 7) is 6.04. The van der Waals surface area contributed by atoms with Gasteiger partial charge >= 0.3 is 0 Å². The van der Waals surface area contributed by atoms with E-state index in [0.29, 0.717) is 17.4 Å². The summed E-state index contributed by atoms with van der Waals surface area (Å²) in [6.07, 6.45) is 3.01. The van der Waals surface area contributed by atoms with Crippen LogP contribution in [0.5, 0.6) is 0 Å². The van der Waals surface area contributed by atoms with Gasteiger partial charge in [-0.05, 0) is 61.3 Å². The van der Waals surface area contributed by atoms with E-state index in [4.69, 9.17) is 0 Å². The summed E-state index contributed by atoms with van der Waals surface area (Å²) < 4.78 is 27.9. The lowest BCUT2D eigenvalue weighted by Gasteiger charge is -2.32. The quantitative estimate of drug-likeness (QED) is 0.898. The SMILES string of the molecule is Cc1ccc(S(=O)(=O)NC2CCC(C)CC2C)cc1CO. The lowest BCUT2D eigenvalue weighted by molar-refractivity contribution is 0.249. The molecule has 1 aromatic rings. The molecular formula is C16H25NO3S. The second kappa shape index (κ2) is 6.46. The van der Waals surface area contributed by atoms with Crippen LogP contribution >= 0.6 is 0 Å². The molecule has 3 unspecified atom stereocenters. The van der Waals surface area contributed by atoms with Crippen LogP contribution < -0.4 is 4.72 Å². The van der Waals surface area contributed by atoms with Gasteiger partial charge in [-0.2, -0.15) is 0 Å². The van der Waals surface area contributed by atoms with E-state index in [1.165, 1.54) is 0 Å². The summed E-state index contributed by atoms with van der Waals surface area (Å²) in [6, 6.07) is 4.91. The van der Waals surface area contributed by atoms with E-state index in [2.05, 4.69) is 18.6 Å². The van der Waals surface area contributed by atoms with Crippen LogP contribution in [0.25, 0.3) is 0 Å². The van der Waals surface area contributed by atoms with Crippen molar-refractivity contribution in [1.82, 2.24) is 4.72 Å². The van der Waals surface area contributed by atoms with Crippen molar-refractivity contribution in [3.05, 3.63) is 29.3 Å². The smallest absolute Gasteiger partial charge is 0.240 e. The van der Waals surface area contributed by atoms with E-state index < -0.39 is 10.0 Å². The summed E-state index contributed by atoms with van der Waals surface area (Å²) in [4.78, 5) is 0.239. The van der Waals surface area contributed by atoms with Gasteiger partial charge in [-0.25, -0.2) is 13.1 Å². The van der Waals surface area contributed by atoms with E-state index >= 15 is 0 Å². The van der Waals surface area contributed by atoms with Crippen molar-refractivity contribution in [1.29, 1.82) is 0 Å². The molecule has 4 nitrogen and oxygen atoms in total. The molecular weight excluding hydrogens is 286 g/mol. The first kappa shape index (κ1) is 16.5. The van der Waals surface area contributed by atoms with Gasteiger partial charge in [0.2, 0.25) is 10.0 Å². The third-order valence-corrected chi connectivity index (χ3v) is 6.03. The van der Waals surface area contributed by atoms with Crippen molar-refractivity contribution in [2.45, 2.75) is 57.6 Å². The van der Waals surface area contributed by atoms with Crippen molar-refractivity contribution in [2.24, 2.45) is 11.8 Å². The van der Waals surface area contributed by atoms with E-state index in [9.17, 15) is 13.5 Å². The van der Waals surface area contributed by atoms with Gasteiger partial charge in [0.25, 0.3) is 0 Å². The minimum atomic E-state index is -3.52. The van der Waals surface area contributed by atoms with Gasteiger partial charge in [0.1, 0.15) is 0 Å². The second-order valence-corrected chi connectivity index (χ2v) is 8.08. The van der Waals surface area contributed by atoms with Crippen LogP contribution in [0.1, 0.15) is 44.2 Å². The highest BCUT2D eigenvalue weighted by molar-refractivity contribution is 7.89. The molecule has 2 rings (SSSR count). The Bertz CT molecular complexity index is 598. The summed E-state index contributed by atoms with van der Waals surface area (Å²) in [5.74, 6) is 1.02. The monoisotopic (exact) mass is 311 g/mol. The van der Waals surface area contributed by atoms with Crippen LogP contribution in [0.15, 0.2) is 23.1 Å². The summed E-state index contributed by atoms with van der Waals surface area (Å²) >= 11 is 0. The van der Waals surface area contributed by atoms with Crippen LogP contribution in [0, 0.1) is 18.8 Å². The summed E-state index contributed by atoms with van der Waals surface area (Å²) in [7, 11) is -3.52. The summed E-state index contributed by atoms with van der Waals surface area (Å²) in [5.41, 5.74) is 1.56. The molecule has 3 atom stereocenters. The van der Waals surface area contributed by atoms with Gasteiger partial charge in [0.05, 0.1) is 11.5 Å². The van der Waals surface area contributed by atoms with Crippen molar-refractivity contribution >= 4 is 10.0 Å². The van der Waals surface area contributed by atoms with Gasteiger partial charge in [-0.15, -0.1) is 0 Å². The Morgan fingerprint density at radius 2 is 2.00 bits per heavy atom. The predicted octanol–water partition coefficient (Wildman–Crippen LogP) is 2.59. The van der Waals surface area contributed by atoms with Gasteiger partial charge in [-0.1, -0.05) is 19.9 Å². The van der Waals surface area contributed by atoms with E-state index in [-0.39, 0.29) is 17.5 Å². The molecule has 2 N–H and O–H groups in total. The second-order valence-electron chi connectivity index (χ2n) is 6.37. The van der Waals surface area contributed by atoms with Crippen LogP contribution in [0.3, 0.4) is 0 Å². The maximum atomic E-state index is 12.5. The average Bonchev–Trinajstić information content (AvgIpc) is 2.42. The first-order chi connectivity index (χ1) is 9.83. The minimum Gasteiger partial charge on any atom is -0.392 e. The zero-order chi connectivity index (χ0) is 15.6. The normalized spacial score (nSPS) is 26.8. The molecule has 1 aliphatic carbocycles. The highest BCUT2D eigenvalue weighted by Crippen LogP contribution is 2.29. The molecule has 5 heteroatoms. The molecule has 118 valence electrons. The zero-order valence-corrected chi connectivity index (χ0v) is 13.8. The number of benzene rings is 1. The molecule has 0 aliphatic heterocycles. The molecule has 0 amide bonds. The average molecular weight is 311 g/mol. The maximum Gasteiger partial charge on any atom is 0.240 e. The van der Waals surface area contributed by atoms with Crippen LogP contribution in [-0.2, 0) is 16.6 Å². The first-order valence-electron chi connectivity index (χ1n) is 7.56. The van der Waals surface area contributed by atoms with Crippen LogP contribution in [-0.4, -0.2) is 19.6 Å². The number of hydrogen-bond donors (Lipinski definition) is 2. The molecule has 0 radical (unpaired) electrons. The zero-order valence-electron chi connectivity index (χ0n) is 13.0. The molecule has 0 aromatic heterocycles. The molecule has 21 heavy (non-hydrogen) atoms. The predicted molar refractivity (Wildman–Crippen MR) is 83.4 cm³/mol. The van der Waals surface area contributed by atoms with Gasteiger partial charge in [0, 0.05) is 6.04 Å². The minimum absolute atomic E-state index is 0.00470. The number of aryl methyl sites for hydroxylation is 1. The van der Waals surface area contributed by atoms with Crippen molar-refractivity contribution in [3.63, 3.8) is 0 Å². The number of aliphatic hydroxyl groups is 1. The van der Waals surface area contributed by atoms with E-state index in [1.54, 1.807) is 18.2 Å². The Labute approximate surface area is 127 Å². The number of rotatable bonds is 4.